The van der Waals surface area contributed by atoms with Gasteiger partial charge in [0.2, 0.25) is 0 Å². The van der Waals surface area contributed by atoms with E-state index in [9.17, 15) is 14.9 Å². The van der Waals surface area contributed by atoms with Crippen molar-refractivity contribution in [2.24, 2.45) is 5.41 Å². The topological polar surface area (TPSA) is 79.2 Å². The molecule has 1 aromatic rings. The van der Waals surface area contributed by atoms with Crippen LogP contribution >= 0.6 is 0 Å². The zero-order chi connectivity index (χ0) is 15.5. The van der Waals surface area contributed by atoms with Crippen LogP contribution in [0.4, 0.5) is 0 Å². The van der Waals surface area contributed by atoms with E-state index in [1.54, 1.807) is 44.2 Å². The molecule has 0 radical (unpaired) electrons. The molecule has 0 aliphatic heterocycles. The maximum atomic E-state index is 12.3. The molecule has 1 fully saturated rings. The van der Waals surface area contributed by atoms with Gasteiger partial charge in [0.05, 0.1) is 12.7 Å². The second-order valence-electron chi connectivity index (χ2n) is 5.36. The average Bonchev–Trinajstić information content (AvgIpc) is 3.30. The molecule has 21 heavy (non-hydrogen) atoms. The lowest BCUT2D eigenvalue weighted by Crippen LogP contribution is -2.55. The van der Waals surface area contributed by atoms with Crippen molar-refractivity contribution in [2.75, 3.05) is 6.61 Å². The lowest BCUT2D eigenvalue weighted by atomic mass is 9.83. The van der Waals surface area contributed by atoms with Crippen molar-refractivity contribution in [3.63, 3.8) is 0 Å². The molecule has 5 heteroatoms. The number of rotatable bonds is 5. The Morgan fingerprint density at radius 2 is 2.00 bits per heavy atom. The van der Waals surface area contributed by atoms with Crippen LogP contribution < -0.4 is 5.32 Å². The van der Waals surface area contributed by atoms with Crippen molar-refractivity contribution in [2.45, 2.75) is 32.2 Å². The summed E-state index contributed by atoms with van der Waals surface area (Å²) in [5.74, 6) is -0.780. The Hall–Kier alpha value is -2.35. The number of nitriles is 1. The van der Waals surface area contributed by atoms with Gasteiger partial charge in [0.15, 0.2) is 0 Å². The summed E-state index contributed by atoms with van der Waals surface area (Å²) in [4.78, 5) is 24.4. The van der Waals surface area contributed by atoms with Gasteiger partial charge in [0, 0.05) is 5.56 Å². The first kappa shape index (κ1) is 15.0. The third-order valence-corrected chi connectivity index (χ3v) is 4.00. The molecule has 0 saturated heterocycles. The summed E-state index contributed by atoms with van der Waals surface area (Å²) in [6, 6.07) is 10.7. The fourth-order valence-corrected chi connectivity index (χ4v) is 2.45. The van der Waals surface area contributed by atoms with E-state index in [4.69, 9.17) is 4.74 Å². The summed E-state index contributed by atoms with van der Waals surface area (Å²) in [6.07, 6.45) is 1.09. The second-order valence-corrected chi connectivity index (χ2v) is 5.36. The highest BCUT2D eigenvalue weighted by atomic mass is 16.5. The molecule has 1 atom stereocenters. The summed E-state index contributed by atoms with van der Waals surface area (Å²) < 4.78 is 5.06. The van der Waals surface area contributed by atoms with Gasteiger partial charge in [-0.15, -0.1) is 0 Å². The van der Waals surface area contributed by atoms with Crippen molar-refractivity contribution in [1.82, 2.24) is 5.32 Å². The Kier molecular flexibility index (Phi) is 3.99. The molecular weight excluding hydrogens is 268 g/mol. The Bertz CT molecular complexity index is 587. The van der Waals surface area contributed by atoms with Gasteiger partial charge >= 0.3 is 5.97 Å². The van der Waals surface area contributed by atoms with Crippen LogP contribution in [-0.2, 0) is 9.53 Å². The fraction of sp³-hybridized carbons (Fsp3) is 0.438. The number of carbonyl (C=O) groups excluding carboxylic acids is 2. The molecule has 1 saturated carbocycles. The smallest absolute Gasteiger partial charge is 0.315 e. The number of benzene rings is 1. The normalized spacial score (nSPS) is 18.0. The summed E-state index contributed by atoms with van der Waals surface area (Å²) in [6.45, 7) is 3.56. The molecule has 0 spiro atoms. The molecule has 1 aromatic carbocycles. The fourth-order valence-electron chi connectivity index (χ4n) is 2.45. The number of nitrogens with one attached hydrogen (secondary N) is 1. The molecule has 1 N–H and O–H groups in total. The average molecular weight is 286 g/mol. The number of esters is 1. The van der Waals surface area contributed by atoms with Gasteiger partial charge in [0.1, 0.15) is 11.0 Å². The first-order valence-electron chi connectivity index (χ1n) is 6.95. The monoisotopic (exact) mass is 286 g/mol. The Morgan fingerprint density at radius 1 is 1.38 bits per heavy atom. The second kappa shape index (κ2) is 5.57. The maximum absolute atomic E-state index is 12.3. The Labute approximate surface area is 123 Å². The first-order valence-corrected chi connectivity index (χ1v) is 6.95. The van der Waals surface area contributed by atoms with Gasteiger partial charge in [-0.1, -0.05) is 18.2 Å². The minimum absolute atomic E-state index is 0.259. The van der Waals surface area contributed by atoms with Gasteiger partial charge in [-0.2, -0.15) is 5.26 Å². The van der Waals surface area contributed by atoms with Crippen LogP contribution in [0.15, 0.2) is 30.3 Å². The van der Waals surface area contributed by atoms with Crippen molar-refractivity contribution in [3.8, 4) is 6.07 Å². The molecule has 1 aliphatic rings. The zero-order valence-electron chi connectivity index (χ0n) is 12.2. The molecule has 1 aliphatic carbocycles. The quantitative estimate of drug-likeness (QED) is 0.840. The lowest BCUT2D eigenvalue weighted by molar-refractivity contribution is -0.151. The number of hydrogen-bond donors (Lipinski definition) is 1. The van der Waals surface area contributed by atoms with E-state index in [0.717, 1.165) is 0 Å². The summed E-state index contributed by atoms with van der Waals surface area (Å²) in [5, 5.41) is 12.2. The Morgan fingerprint density at radius 3 is 2.48 bits per heavy atom. The van der Waals surface area contributed by atoms with Crippen LogP contribution in [-0.4, -0.2) is 24.0 Å². The van der Waals surface area contributed by atoms with E-state index in [-0.39, 0.29) is 12.5 Å². The van der Waals surface area contributed by atoms with Crippen molar-refractivity contribution in [3.05, 3.63) is 35.9 Å². The minimum Gasteiger partial charge on any atom is -0.465 e. The minimum atomic E-state index is -1.27. The molecule has 0 bridgehead atoms. The van der Waals surface area contributed by atoms with Crippen LogP contribution in [0.25, 0.3) is 0 Å². The van der Waals surface area contributed by atoms with Gasteiger partial charge in [-0.05, 0) is 38.8 Å². The predicted octanol–water partition coefficient (Wildman–Crippen LogP) is 2.04. The number of nitrogens with zero attached hydrogens (tertiary/aromatic N) is 1. The van der Waals surface area contributed by atoms with Crippen LogP contribution in [0.5, 0.6) is 0 Å². The van der Waals surface area contributed by atoms with Crippen molar-refractivity contribution >= 4 is 11.9 Å². The molecule has 0 heterocycles. The van der Waals surface area contributed by atoms with E-state index >= 15 is 0 Å². The zero-order valence-corrected chi connectivity index (χ0v) is 12.2. The number of hydrogen-bond acceptors (Lipinski definition) is 4. The number of ether oxygens (including phenoxy) is 1. The molecule has 5 nitrogen and oxygen atoms in total. The summed E-state index contributed by atoms with van der Waals surface area (Å²) in [7, 11) is 0. The van der Waals surface area contributed by atoms with Crippen molar-refractivity contribution < 1.29 is 14.3 Å². The SMILES string of the molecule is CCOC(=O)C1(C(C)(C#N)NC(=O)c2ccccc2)CC1. The van der Waals surface area contributed by atoms with Crippen LogP contribution in [0.3, 0.4) is 0 Å². The highest BCUT2D eigenvalue weighted by molar-refractivity contribution is 5.96. The third-order valence-electron chi connectivity index (χ3n) is 4.00. The van der Waals surface area contributed by atoms with E-state index < -0.39 is 16.9 Å². The predicted molar refractivity (Wildman–Crippen MR) is 76.2 cm³/mol. The van der Waals surface area contributed by atoms with E-state index in [0.29, 0.717) is 18.4 Å². The molecule has 1 amide bonds. The van der Waals surface area contributed by atoms with E-state index in [2.05, 4.69) is 11.4 Å². The lowest BCUT2D eigenvalue weighted by Gasteiger charge is -2.31. The molecule has 0 aromatic heterocycles. The van der Waals surface area contributed by atoms with Gasteiger partial charge in [0.25, 0.3) is 5.91 Å². The van der Waals surface area contributed by atoms with E-state index in [1.165, 1.54) is 0 Å². The van der Waals surface area contributed by atoms with Crippen molar-refractivity contribution in [1.29, 1.82) is 5.26 Å². The van der Waals surface area contributed by atoms with E-state index in [1.807, 2.05) is 0 Å². The largest absolute Gasteiger partial charge is 0.465 e. The number of amides is 1. The molecule has 1 unspecified atom stereocenters. The molecule has 110 valence electrons. The van der Waals surface area contributed by atoms with Crippen LogP contribution in [0.2, 0.25) is 0 Å². The number of carbonyl (C=O) groups is 2. The summed E-state index contributed by atoms with van der Waals surface area (Å²) in [5.41, 5.74) is -1.74. The highest BCUT2D eigenvalue weighted by Crippen LogP contribution is 2.54. The molecule has 2 rings (SSSR count). The Balaban J connectivity index is 2.21. The standard InChI is InChI=1S/C16H18N2O3/c1-3-21-14(20)16(9-10-16)15(2,11-17)18-13(19)12-7-5-4-6-8-12/h4-8H,3,9-10H2,1-2H3,(H,18,19). The van der Waals surface area contributed by atoms with Crippen LogP contribution in [0, 0.1) is 16.7 Å². The maximum Gasteiger partial charge on any atom is 0.315 e. The highest BCUT2D eigenvalue weighted by Gasteiger charge is 2.64. The van der Waals surface area contributed by atoms with Gasteiger partial charge < -0.3 is 10.1 Å². The van der Waals surface area contributed by atoms with Gasteiger partial charge in [-0.25, -0.2) is 0 Å². The third kappa shape index (κ3) is 2.62. The first-order chi connectivity index (χ1) is 9.99. The van der Waals surface area contributed by atoms with Gasteiger partial charge in [-0.3, -0.25) is 9.59 Å². The molecular formula is C16H18N2O3. The summed E-state index contributed by atoms with van der Waals surface area (Å²) >= 11 is 0. The van der Waals surface area contributed by atoms with Crippen LogP contribution in [0.1, 0.15) is 37.0 Å².